The molecule has 18 heavy (non-hydrogen) atoms. The van der Waals surface area contributed by atoms with Crippen LogP contribution >= 0.6 is 11.8 Å². The maximum Gasteiger partial charge on any atom is 0.116 e. The fourth-order valence-electron chi connectivity index (χ4n) is 2.10. The van der Waals surface area contributed by atoms with Crippen molar-refractivity contribution in [2.75, 3.05) is 25.5 Å². The Labute approximate surface area is 113 Å². The first-order valence-corrected chi connectivity index (χ1v) is 7.58. The Morgan fingerprint density at radius 3 is 3.22 bits per heavy atom. The summed E-state index contributed by atoms with van der Waals surface area (Å²) in [6, 6.07) is 2.49. The van der Waals surface area contributed by atoms with Crippen molar-refractivity contribution < 1.29 is 4.74 Å². The summed E-state index contributed by atoms with van der Waals surface area (Å²) in [6.07, 6.45) is 5.74. The molecule has 0 aliphatic carbocycles. The first-order valence-electron chi connectivity index (χ1n) is 6.60. The van der Waals surface area contributed by atoms with Gasteiger partial charge in [-0.2, -0.15) is 0 Å². The van der Waals surface area contributed by atoms with Gasteiger partial charge in [-0.1, -0.05) is 6.92 Å². The van der Waals surface area contributed by atoms with Crippen LogP contribution < -0.4 is 5.32 Å². The Morgan fingerprint density at radius 2 is 2.56 bits per heavy atom. The maximum atomic E-state index is 5.50. The van der Waals surface area contributed by atoms with E-state index in [0.717, 1.165) is 30.5 Å². The molecule has 0 aromatic carbocycles. The van der Waals surface area contributed by atoms with E-state index in [-0.39, 0.29) is 0 Å². The minimum absolute atomic E-state index is 0.521. The van der Waals surface area contributed by atoms with E-state index < -0.39 is 0 Å². The number of thioether (sulfide) groups is 1. The van der Waals surface area contributed by atoms with Crippen molar-refractivity contribution in [1.82, 2.24) is 15.3 Å². The van der Waals surface area contributed by atoms with Crippen LogP contribution in [0.25, 0.3) is 0 Å². The van der Waals surface area contributed by atoms with Gasteiger partial charge in [0.05, 0.1) is 11.6 Å². The predicted octanol–water partition coefficient (Wildman–Crippen LogP) is 1.97. The lowest BCUT2D eigenvalue weighted by Gasteiger charge is -2.23. The van der Waals surface area contributed by atoms with E-state index in [1.165, 1.54) is 12.8 Å². The fraction of sp³-hybridized carbons (Fsp3) is 0.692. The molecule has 2 rings (SSSR count). The van der Waals surface area contributed by atoms with Gasteiger partial charge >= 0.3 is 0 Å². The maximum absolute atomic E-state index is 5.50. The molecule has 0 saturated carbocycles. The van der Waals surface area contributed by atoms with E-state index >= 15 is 0 Å². The molecular weight excluding hydrogens is 246 g/mol. The minimum Gasteiger partial charge on any atom is -0.381 e. The Bertz CT molecular complexity index is 330. The van der Waals surface area contributed by atoms with Crippen LogP contribution in [0.5, 0.6) is 0 Å². The molecule has 1 N–H and O–H groups in total. The van der Waals surface area contributed by atoms with Crippen LogP contribution in [0.2, 0.25) is 0 Å². The summed E-state index contributed by atoms with van der Waals surface area (Å²) < 4.78 is 5.50. The zero-order valence-corrected chi connectivity index (χ0v) is 11.7. The normalized spacial score (nSPS) is 21.1. The molecule has 4 nitrogen and oxygen atoms in total. The summed E-state index contributed by atoms with van der Waals surface area (Å²) in [4.78, 5) is 8.19. The number of hydrogen-bond acceptors (Lipinski definition) is 5. The first-order chi connectivity index (χ1) is 8.90. The van der Waals surface area contributed by atoms with Gasteiger partial charge in [0.1, 0.15) is 6.33 Å². The molecule has 1 fully saturated rings. The monoisotopic (exact) mass is 267 g/mol. The van der Waals surface area contributed by atoms with E-state index in [0.29, 0.717) is 12.0 Å². The van der Waals surface area contributed by atoms with Crippen molar-refractivity contribution in [1.29, 1.82) is 0 Å². The zero-order valence-electron chi connectivity index (χ0n) is 10.8. The summed E-state index contributed by atoms with van der Waals surface area (Å²) >= 11 is 1.80. The molecule has 2 heterocycles. The third-order valence-electron chi connectivity index (χ3n) is 3.16. The summed E-state index contributed by atoms with van der Waals surface area (Å²) in [5, 5.41) is 4.69. The molecule has 0 radical (unpaired) electrons. The Kier molecular flexibility index (Phi) is 5.90. The summed E-state index contributed by atoms with van der Waals surface area (Å²) in [7, 11) is 0. The number of nitrogens with zero attached hydrogens (tertiary/aromatic N) is 2. The third kappa shape index (κ3) is 4.23. The Balaban J connectivity index is 1.84. The molecule has 0 amide bonds. The van der Waals surface area contributed by atoms with Crippen LogP contribution in [0.15, 0.2) is 23.6 Å². The van der Waals surface area contributed by atoms with Gasteiger partial charge in [0.25, 0.3) is 0 Å². The van der Waals surface area contributed by atoms with Gasteiger partial charge in [-0.15, -0.1) is 11.8 Å². The van der Waals surface area contributed by atoms with Crippen molar-refractivity contribution in [2.24, 2.45) is 5.92 Å². The molecule has 1 aromatic rings. The Morgan fingerprint density at radius 1 is 1.61 bits per heavy atom. The standard InChI is InChI=1S/C13H21N3OS/c1-2-5-15-12(11-4-7-17-8-11)9-18-13-3-6-14-10-16-13/h3,6,10-12,15H,2,4-5,7-9H2,1H3. The lowest BCUT2D eigenvalue weighted by atomic mass is 10.0. The lowest BCUT2D eigenvalue weighted by molar-refractivity contribution is 0.179. The zero-order chi connectivity index (χ0) is 12.6. The van der Waals surface area contributed by atoms with Crippen molar-refractivity contribution in [3.05, 3.63) is 18.6 Å². The van der Waals surface area contributed by atoms with E-state index in [1.54, 1.807) is 24.3 Å². The van der Waals surface area contributed by atoms with Crippen molar-refractivity contribution in [2.45, 2.75) is 30.8 Å². The first kappa shape index (κ1) is 13.8. The predicted molar refractivity (Wildman–Crippen MR) is 73.8 cm³/mol. The number of nitrogens with one attached hydrogen (secondary N) is 1. The van der Waals surface area contributed by atoms with Crippen LogP contribution in [-0.4, -0.2) is 41.5 Å². The van der Waals surface area contributed by atoms with E-state index in [1.807, 2.05) is 6.07 Å². The molecule has 1 aliphatic heterocycles. The second-order valence-electron chi connectivity index (χ2n) is 4.54. The topological polar surface area (TPSA) is 47.0 Å². The molecule has 100 valence electrons. The summed E-state index contributed by atoms with van der Waals surface area (Å²) in [5.41, 5.74) is 0. The fourth-order valence-corrected chi connectivity index (χ4v) is 3.12. The molecular formula is C13H21N3OS. The molecule has 1 saturated heterocycles. The molecule has 2 atom stereocenters. The van der Waals surface area contributed by atoms with Crippen LogP contribution in [0.3, 0.4) is 0 Å². The van der Waals surface area contributed by atoms with E-state index in [4.69, 9.17) is 4.74 Å². The van der Waals surface area contributed by atoms with Crippen LogP contribution in [-0.2, 0) is 4.74 Å². The smallest absolute Gasteiger partial charge is 0.116 e. The van der Waals surface area contributed by atoms with Crippen LogP contribution in [0.4, 0.5) is 0 Å². The number of ether oxygens (including phenoxy) is 1. The summed E-state index contributed by atoms with van der Waals surface area (Å²) in [6.45, 7) is 5.08. The van der Waals surface area contributed by atoms with Crippen LogP contribution in [0, 0.1) is 5.92 Å². The average molecular weight is 267 g/mol. The van der Waals surface area contributed by atoms with E-state index in [9.17, 15) is 0 Å². The summed E-state index contributed by atoms with van der Waals surface area (Å²) in [5.74, 6) is 1.69. The molecule has 0 spiro atoms. The molecule has 2 unspecified atom stereocenters. The SMILES string of the molecule is CCCNC(CSc1ccncn1)C1CCOC1. The van der Waals surface area contributed by atoms with Gasteiger partial charge < -0.3 is 10.1 Å². The highest BCUT2D eigenvalue weighted by atomic mass is 32.2. The van der Waals surface area contributed by atoms with Crippen molar-refractivity contribution in [3.63, 3.8) is 0 Å². The largest absolute Gasteiger partial charge is 0.381 e. The van der Waals surface area contributed by atoms with Gasteiger partial charge in [-0.25, -0.2) is 9.97 Å². The number of aromatic nitrogens is 2. The average Bonchev–Trinajstić information content (AvgIpc) is 2.94. The highest BCUT2D eigenvalue weighted by Gasteiger charge is 2.25. The van der Waals surface area contributed by atoms with Gasteiger partial charge in [0, 0.05) is 30.5 Å². The second kappa shape index (κ2) is 7.71. The highest BCUT2D eigenvalue weighted by molar-refractivity contribution is 7.99. The van der Waals surface area contributed by atoms with Gasteiger partial charge in [0.15, 0.2) is 0 Å². The number of hydrogen-bond donors (Lipinski definition) is 1. The quantitative estimate of drug-likeness (QED) is 0.604. The van der Waals surface area contributed by atoms with E-state index in [2.05, 4.69) is 22.2 Å². The highest BCUT2D eigenvalue weighted by Crippen LogP contribution is 2.23. The molecule has 1 aliphatic rings. The minimum atomic E-state index is 0.521. The van der Waals surface area contributed by atoms with Gasteiger partial charge in [-0.3, -0.25) is 0 Å². The van der Waals surface area contributed by atoms with Crippen LogP contribution in [0.1, 0.15) is 19.8 Å². The second-order valence-corrected chi connectivity index (χ2v) is 5.58. The lowest BCUT2D eigenvalue weighted by Crippen LogP contribution is -2.39. The molecule has 5 heteroatoms. The van der Waals surface area contributed by atoms with Crippen molar-refractivity contribution >= 4 is 11.8 Å². The van der Waals surface area contributed by atoms with Gasteiger partial charge in [-0.05, 0) is 25.5 Å². The van der Waals surface area contributed by atoms with Gasteiger partial charge in [0.2, 0.25) is 0 Å². The number of rotatable bonds is 7. The molecule has 0 bridgehead atoms. The molecule has 1 aromatic heterocycles. The Hall–Kier alpha value is -0.650. The van der Waals surface area contributed by atoms with Crippen molar-refractivity contribution in [3.8, 4) is 0 Å². The third-order valence-corrected chi connectivity index (χ3v) is 4.22.